The molecule has 0 fully saturated rings. The molecule has 1 aliphatic heterocycles. The van der Waals surface area contributed by atoms with Gasteiger partial charge in [-0.3, -0.25) is 9.36 Å². The molecule has 1 aliphatic rings. The molecule has 0 saturated carbocycles. The topological polar surface area (TPSA) is 34.9 Å². The summed E-state index contributed by atoms with van der Waals surface area (Å²) in [5, 5.41) is 1.26. The molecule has 3 rings (SSSR count). The van der Waals surface area contributed by atoms with Gasteiger partial charge in [-0.15, -0.1) is 11.8 Å². The highest BCUT2D eigenvalue weighted by Crippen LogP contribution is 2.34. The van der Waals surface area contributed by atoms with Gasteiger partial charge in [0.1, 0.15) is 0 Å². The molecule has 1 aromatic heterocycles. The molecule has 3 nitrogen and oxygen atoms in total. The van der Waals surface area contributed by atoms with E-state index >= 15 is 0 Å². The SMILES string of the molecule is CCCSc1nc2c(c(=O)n1-c1ccccc1)S[C@H](C)C2. The number of hydrogen-bond donors (Lipinski definition) is 0. The predicted octanol–water partition coefficient (Wildman–Crippen LogP) is 3.77. The Morgan fingerprint density at radius 3 is 2.86 bits per heavy atom. The van der Waals surface area contributed by atoms with Crippen LogP contribution in [0.5, 0.6) is 0 Å². The van der Waals surface area contributed by atoms with Gasteiger partial charge in [-0.05, 0) is 18.6 Å². The second-order valence-electron chi connectivity index (χ2n) is 5.13. The Kier molecular flexibility index (Phi) is 4.40. The number of hydrogen-bond acceptors (Lipinski definition) is 4. The first kappa shape index (κ1) is 14.7. The lowest BCUT2D eigenvalue weighted by atomic mass is 10.2. The quantitative estimate of drug-likeness (QED) is 0.635. The van der Waals surface area contributed by atoms with E-state index in [2.05, 4.69) is 13.8 Å². The van der Waals surface area contributed by atoms with Crippen molar-refractivity contribution in [3.05, 3.63) is 46.4 Å². The van der Waals surface area contributed by atoms with Crippen LogP contribution in [0.25, 0.3) is 5.69 Å². The maximum atomic E-state index is 12.9. The monoisotopic (exact) mass is 318 g/mol. The second kappa shape index (κ2) is 6.28. The molecule has 1 atom stereocenters. The molecule has 0 saturated heterocycles. The van der Waals surface area contributed by atoms with Crippen LogP contribution in [0.4, 0.5) is 0 Å². The van der Waals surface area contributed by atoms with Crippen molar-refractivity contribution in [1.82, 2.24) is 9.55 Å². The number of benzene rings is 1. The van der Waals surface area contributed by atoms with Crippen molar-refractivity contribution in [3.63, 3.8) is 0 Å². The molecule has 21 heavy (non-hydrogen) atoms. The van der Waals surface area contributed by atoms with Crippen LogP contribution in [0.15, 0.2) is 45.2 Å². The standard InChI is InChI=1S/C16H18N2OS2/c1-3-9-20-16-17-13-10-11(2)21-14(13)15(19)18(16)12-7-5-4-6-8-12/h4-8,11H,3,9-10H2,1-2H3/t11-/m1/s1. The normalized spacial score (nSPS) is 17.0. The van der Waals surface area contributed by atoms with Crippen LogP contribution in [-0.4, -0.2) is 20.6 Å². The van der Waals surface area contributed by atoms with Crippen LogP contribution in [0.3, 0.4) is 0 Å². The summed E-state index contributed by atoms with van der Waals surface area (Å²) in [6, 6.07) is 9.81. The molecule has 0 spiro atoms. The first-order valence-electron chi connectivity index (χ1n) is 7.21. The Morgan fingerprint density at radius 1 is 1.38 bits per heavy atom. The van der Waals surface area contributed by atoms with Crippen molar-refractivity contribution in [3.8, 4) is 5.69 Å². The molecule has 0 unspecified atom stereocenters. The minimum absolute atomic E-state index is 0.0825. The average molecular weight is 318 g/mol. The summed E-state index contributed by atoms with van der Waals surface area (Å²) in [6.07, 6.45) is 1.96. The maximum Gasteiger partial charge on any atom is 0.272 e. The zero-order valence-electron chi connectivity index (χ0n) is 12.2. The minimum atomic E-state index is 0.0825. The lowest BCUT2D eigenvalue weighted by molar-refractivity contribution is 0.730. The summed E-state index contributed by atoms with van der Waals surface area (Å²) in [5.74, 6) is 0.973. The highest BCUT2D eigenvalue weighted by atomic mass is 32.2. The second-order valence-corrected chi connectivity index (χ2v) is 7.64. The lowest BCUT2D eigenvalue weighted by Gasteiger charge is -2.13. The van der Waals surface area contributed by atoms with E-state index in [9.17, 15) is 4.79 Å². The molecule has 0 radical (unpaired) electrons. The first-order chi connectivity index (χ1) is 10.2. The highest BCUT2D eigenvalue weighted by Gasteiger charge is 2.26. The van der Waals surface area contributed by atoms with E-state index in [1.54, 1.807) is 28.1 Å². The number of aromatic nitrogens is 2. The number of fused-ring (bicyclic) bond motifs is 1. The number of thioether (sulfide) groups is 2. The molecule has 0 amide bonds. The van der Waals surface area contributed by atoms with Gasteiger partial charge in [0, 0.05) is 17.4 Å². The number of rotatable bonds is 4. The molecule has 2 aromatic rings. The molecule has 5 heteroatoms. The van der Waals surface area contributed by atoms with E-state index in [-0.39, 0.29) is 5.56 Å². The largest absolute Gasteiger partial charge is 0.272 e. The van der Waals surface area contributed by atoms with Crippen LogP contribution in [0.1, 0.15) is 26.0 Å². The van der Waals surface area contributed by atoms with Gasteiger partial charge in [0.15, 0.2) is 5.16 Å². The van der Waals surface area contributed by atoms with Gasteiger partial charge in [-0.25, -0.2) is 4.98 Å². The van der Waals surface area contributed by atoms with Crippen LogP contribution in [0, 0.1) is 0 Å². The number of nitrogens with zero attached hydrogens (tertiary/aromatic N) is 2. The first-order valence-corrected chi connectivity index (χ1v) is 9.08. The fourth-order valence-electron chi connectivity index (χ4n) is 2.39. The Hall–Kier alpha value is -1.20. The zero-order valence-corrected chi connectivity index (χ0v) is 13.8. The molecular formula is C16H18N2OS2. The third kappa shape index (κ3) is 2.90. The molecule has 0 bridgehead atoms. The van der Waals surface area contributed by atoms with Gasteiger partial charge in [-0.2, -0.15) is 0 Å². The van der Waals surface area contributed by atoms with Crippen molar-refractivity contribution in [2.75, 3.05) is 5.75 Å². The van der Waals surface area contributed by atoms with Crippen LogP contribution in [-0.2, 0) is 6.42 Å². The molecule has 0 aliphatic carbocycles. The summed E-state index contributed by atoms with van der Waals surface area (Å²) < 4.78 is 1.77. The average Bonchev–Trinajstić information content (AvgIpc) is 2.87. The molecule has 0 N–H and O–H groups in total. The fraction of sp³-hybridized carbons (Fsp3) is 0.375. The van der Waals surface area contributed by atoms with Crippen molar-refractivity contribution in [2.24, 2.45) is 0 Å². The summed E-state index contributed by atoms with van der Waals surface area (Å²) in [4.78, 5) is 18.5. The van der Waals surface area contributed by atoms with Gasteiger partial charge >= 0.3 is 0 Å². The summed E-state index contributed by atoms with van der Waals surface area (Å²) in [7, 11) is 0. The van der Waals surface area contributed by atoms with E-state index in [1.807, 2.05) is 30.3 Å². The Balaban J connectivity index is 2.17. The summed E-state index contributed by atoms with van der Waals surface area (Å²) >= 11 is 3.32. The van der Waals surface area contributed by atoms with E-state index in [0.717, 1.165) is 40.0 Å². The van der Waals surface area contributed by atoms with E-state index < -0.39 is 0 Å². The van der Waals surface area contributed by atoms with E-state index in [4.69, 9.17) is 4.98 Å². The van der Waals surface area contributed by atoms with Gasteiger partial charge in [0.05, 0.1) is 16.3 Å². The lowest BCUT2D eigenvalue weighted by Crippen LogP contribution is -2.23. The Labute approximate surface area is 133 Å². The fourth-order valence-corrected chi connectivity index (χ4v) is 4.37. The summed E-state index contributed by atoms with van der Waals surface area (Å²) in [5.41, 5.74) is 1.96. The van der Waals surface area contributed by atoms with Gasteiger partial charge in [-0.1, -0.05) is 43.8 Å². The van der Waals surface area contributed by atoms with Crippen LogP contribution in [0.2, 0.25) is 0 Å². The Bertz CT molecular complexity index is 697. The van der Waals surface area contributed by atoms with Crippen LogP contribution >= 0.6 is 23.5 Å². The van der Waals surface area contributed by atoms with E-state index in [0.29, 0.717) is 5.25 Å². The van der Waals surface area contributed by atoms with Crippen molar-refractivity contribution >= 4 is 23.5 Å². The molecule has 1 aromatic carbocycles. The highest BCUT2D eigenvalue weighted by molar-refractivity contribution is 8.00. The zero-order chi connectivity index (χ0) is 14.8. The van der Waals surface area contributed by atoms with Crippen molar-refractivity contribution in [1.29, 1.82) is 0 Å². The third-order valence-electron chi connectivity index (χ3n) is 3.33. The smallest absolute Gasteiger partial charge is 0.268 e. The molecule has 2 heterocycles. The molecular weight excluding hydrogens is 300 g/mol. The van der Waals surface area contributed by atoms with E-state index in [1.165, 1.54) is 0 Å². The summed E-state index contributed by atoms with van der Waals surface area (Å²) in [6.45, 7) is 4.29. The van der Waals surface area contributed by atoms with Gasteiger partial charge < -0.3 is 0 Å². The minimum Gasteiger partial charge on any atom is -0.268 e. The molecule has 110 valence electrons. The van der Waals surface area contributed by atoms with Gasteiger partial charge in [0.2, 0.25) is 0 Å². The maximum absolute atomic E-state index is 12.9. The third-order valence-corrected chi connectivity index (χ3v) is 5.69. The van der Waals surface area contributed by atoms with Crippen molar-refractivity contribution in [2.45, 2.75) is 42.0 Å². The van der Waals surface area contributed by atoms with Crippen molar-refractivity contribution < 1.29 is 0 Å². The number of para-hydroxylation sites is 1. The van der Waals surface area contributed by atoms with Gasteiger partial charge in [0.25, 0.3) is 5.56 Å². The van der Waals surface area contributed by atoms with Crippen LogP contribution < -0.4 is 5.56 Å². The Morgan fingerprint density at radius 2 is 2.14 bits per heavy atom. The predicted molar refractivity (Wildman–Crippen MR) is 89.9 cm³/mol.